The van der Waals surface area contributed by atoms with E-state index in [1.165, 1.54) is 6.07 Å². The van der Waals surface area contributed by atoms with Gasteiger partial charge in [0.1, 0.15) is 5.82 Å². The van der Waals surface area contributed by atoms with Gasteiger partial charge >= 0.3 is 6.18 Å². The van der Waals surface area contributed by atoms with Crippen LogP contribution in [0, 0.1) is 0 Å². The van der Waals surface area contributed by atoms with Gasteiger partial charge in [-0.1, -0.05) is 6.92 Å². The minimum atomic E-state index is -4.45. The number of alkyl halides is 3. The molecule has 2 aromatic rings. The van der Waals surface area contributed by atoms with Gasteiger partial charge < -0.3 is 10.3 Å². The Kier molecular flexibility index (Phi) is 3.50. The highest BCUT2D eigenvalue weighted by molar-refractivity contribution is 5.54. The molecule has 0 saturated carbocycles. The molecule has 0 aliphatic heterocycles. The monoisotopic (exact) mass is 269 g/mol. The van der Waals surface area contributed by atoms with Gasteiger partial charge in [0.05, 0.1) is 5.56 Å². The van der Waals surface area contributed by atoms with Crippen LogP contribution >= 0.6 is 0 Å². The van der Waals surface area contributed by atoms with Gasteiger partial charge in [-0.05, 0) is 24.6 Å². The number of nitrogens with two attached hydrogens (primary N) is 1. The van der Waals surface area contributed by atoms with E-state index in [1.807, 2.05) is 6.92 Å². The lowest BCUT2D eigenvalue weighted by Gasteiger charge is -2.13. The summed E-state index contributed by atoms with van der Waals surface area (Å²) in [7, 11) is 0. The van der Waals surface area contributed by atoms with Crippen molar-refractivity contribution in [3.8, 4) is 5.69 Å². The highest BCUT2D eigenvalue weighted by Gasteiger charge is 2.33. The lowest BCUT2D eigenvalue weighted by atomic mass is 10.1. The van der Waals surface area contributed by atoms with E-state index < -0.39 is 11.7 Å². The molecule has 0 amide bonds. The Morgan fingerprint density at radius 3 is 2.68 bits per heavy atom. The summed E-state index contributed by atoms with van der Waals surface area (Å²) in [4.78, 5) is 4.15. The molecule has 1 heterocycles. The molecule has 0 fully saturated rings. The molecule has 0 saturated heterocycles. The molecule has 2 N–H and O–H groups in total. The van der Waals surface area contributed by atoms with Crippen LogP contribution in [0.15, 0.2) is 30.6 Å². The number of benzene rings is 1. The maximum atomic E-state index is 12.8. The van der Waals surface area contributed by atoms with Crippen molar-refractivity contribution >= 4 is 5.69 Å². The molecule has 0 radical (unpaired) electrons. The van der Waals surface area contributed by atoms with Crippen molar-refractivity contribution in [1.29, 1.82) is 0 Å². The Balaban J connectivity index is 2.49. The number of nitrogens with zero attached hydrogens (tertiary/aromatic N) is 2. The number of hydrogen-bond donors (Lipinski definition) is 1. The predicted octanol–water partition coefficient (Wildman–Crippen LogP) is 3.43. The van der Waals surface area contributed by atoms with Crippen molar-refractivity contribution in [2.24, 2.45) is 0 Å². The van der Waals surface area contributed by atoms with Crippen molar-refractivity contribution in [1.82, 2.24) is 9.55 Å². The smallest absolute Gasteiger partial charge is 0.398 e. The third-order valence-electron chi connectivity index (χ3n) is 2.81. The molecule has 19 heavy (non-hydrogen) atoms. The molecule has 0 spiro atoms. The Morgan fingerprint density at radius 1 is 1.32 bits per heavy atom. The van der Waals surface area contributed by atoms with Gasteiger partial charge in [0, 0.05) is 30.2 Å². The topological polar surface area (TPSA) is 43.8 Å². The zero-order chi connectivity index (χ0) is 14.0. The van der Waals surface area contributed by atoms with E-state index in [0.717, 1.165) is 18.3 Å². The molecule has 102 valence electrons. The fourth-order valence-electron chi connectivity index (χ4n) is 1.92. The number of hydrogen-bond acceptors (Lipinski definition) is 2. The number of aromatic nitrogens is 2. The molecular formula is C13H14F3N3. The minimum absolute atomic E-state index is 0.270. The van der Waals surface area contributed by atoms with E-state index in [-0.39, 0.29) is 5.69 Å². The van der Waals surface area contributed by atoms with Crippen molar-refractivity contribution in [2.45, 2.75) is 25.9 Å². The van der Waals surface area contributed by atoms with Crippen molar-refractivity contribution in [3.63, 3.8) is 0 Å². The van der Waals surface area contributed by atoms with E-state index in [4.69, 9.17) is 5.73 Å². The van der Waals surface area contributed by atoms with Crippen LogP contribution in [0.25, 0.3) is 5.69 Å². The van der Waals surface area contributed by atoms with Gasteiger partial charge in [-0.25, -0.2) is 4.98 Å². The van der Waals surface area contributed by atoms with E-state index in [9.17, 15) is 13.2 Å². The first kappa shape index (κ1) is 13.5. The molecule has 1 aromatic heterocycles. The third-order valence-corrected chi connectivity index (χ3v) is 2.81. The average molecular weight is 269 g/mol. The lowest BCUT2D eigenvalue weighted by molar-refractivity contribution is -0.136. The van der Waals surface area contributed by atoms with Crippen LogP contribution in [-0.4, -0.2) is 9.55 Å². The first-order valence-electron chi connectivity index (χ1n) is 5.92. The van der Waals surface area contributed by atoms with E-state index >= 15 is 0 Å². The zero-order valence-corrected chi connectivity index (χ0v) is 10.4. The van der Waals surface area contributed by atoms with E-state index in [2.05, 4.69) is 4.98 Å². The molecule has 0 unspecified atom stereocenters. The summed E-state index contributed by atoms with van der Waals surface area (Å²) in [6, 6.07) is 3.88. The summed E-state index contributed by atoms with van der Waals surface area (Å²) >= 11 is 0. The second-order valence-corrected chi connectivity index (χ2v) is 4.23. The second kappa shape index (κ2) is 4.95. The number of imidazole rings is 1. The van der Waals surface area contributed by atoms with Crippen LogP contribution in [0.1, 0.15) is 24.7 Å². The van der Waals surface area contributed by atoms with Crippen LogP contribution in [0.4, 0.5) is 18.9 Å². The van der Waals surface area contributed by atoms with Gasteiger partial charge in [-0.3, -0.25) is 0 Å². The summed E-state index contributed by atoms with van der Waals surface area (Å²) < 4.78 is 40.1. The minimum Gasteiger partial charge on any atom is -0.398 e. The number of aryl methyl sites for hydroxylation is 1. The molecule has 0 aliphatic carbocycles. The molecule has 1 aromatic carbocycles. The summed E-state index contributed by atoms with van der Waals surface area (Å²) in [6.07, 6.45) is 0.355. The number of rotatable bonds is 3. The predicted molar refractivity (Wildman–Crippen MR) is 67.0 cm³/mol. The van der Waals surface area contributed by atoms with Crippen LogP contribution in [0.3, 0.4) is 0 Å². The third kappa shape index (κ3) is 2.72. The standard InChI is InChI=1S/C13H14F3N3/c1-2-3-12-18-6-7-19(12)9-4-5-11(17)10(8-9)13(14,15)16/h4-8H,2-3,17H2,1H3. The van der Waals surface area contributed by atoms with Gasteiger partial charge in [0.15, 0.2) is 0 Å². The normalized spacial score (nSPS) is 11.8. The van der Waals surface area contributed by atoms with Crippen molar-refractivity contribution < 1.29 is 13.2 Å². The molecular weight excluding hydrogens is 255 g/mol. The van der Waals surface area contributed by atoms with Crippen molar-refractivity contribution in [3.05, 3.63) is 42.0 Å². The number of halogens is 3. The Bertz CT molecular complexity index is 573. The second-order valence-electron chi connectivity index (χ2n) is 4.23. The van der Waals surface area contributed by atoms with E-state index in [0.29, 0.717) is 12.1 Å². The lowest BCUT2D eigenvalue weighted by Crippen LogP contribution is -2.10. The Morgan fingerprint density at radius 2 is 2.05 bits per heavy atom. The molecule has 0 atom stereocenters. The quantitative estimate of drug-likeness (QED) is 0.867. The fourth-order valence-corrected chi connectivity index (χ4v) is 1.92. The maximum Gasteiger partial charge on any atom is 0.418 e. The Hall–Kier alpha value is -1.98. The molecule has 0 bridgehead atoms. The van der Waals surface area contributed by atoms with Crippen LogP contribution < -0.4 is 5.73 Å². The van der Waals surface area contributed by atoms with Crippen LogP contribution in [0.2, 0.25) is 0 Å². The van der Waals surface area contributed by atoms with Crippen molar-refractivity contribution in [2.75, 3.05) is 5.73 Å². The van der Waals surface area contributed by atoms with Gasteiger partial charge in [0.2, 0.25) is 0 Å². The molecule has 3 nitrogen and oxygen atoms in total. The largest absolute Gasteiger partial charge is 0.418 e. The Labute approximate surface area is 108 Å². The molecule has 2 rings (SSSR count). The number of anilines is 1. The first-order valence-corrected chi connectivity index (χ1v) is 5.92. The summed E-state index contributed by atoms with van der Waals surface area (Å²) in [5, 5.41) is 0. The van der Waals surface area contributed by atoms with Crippen LogP contribution in [0.5, 0.6) is 0 Å². The van der Waals surface area contributed by atoms with Gasteiger partial charge in [-0.2, -0.15) is 13.2 Å². The highest BCUT2D eigenvalue weighted by atomic mass is 19.4. The summed E-state index contributed by atoms with van der Waals surface area (Å²) in [5.41, 5.74) is 4.71. The maximum absolute atomic E-state index is 12.8. The fraction of sp³-hybridized carbons (Fsp3) is 0.308. The van der Waals surface area contributed by atoms with E-state index in [1.54, 1.807) is 23.0 Å². The zero-order valence-electron chi connectivity index (χ0n) is 10.4. The average Bonchev–Trinajstić information content (AvgIpc) is 2.77. The molecule has 0 aliphatic rings. The first-order chi connectivity index (χ1) is 8.93. The summed E-state index contributed by atoms with van der Waals surface area (Å²) in [5.74, 6) is 0.736. The van der Waals surface area contributed by atoms with Gasteiger partial charge in [0.25, 0.3) is 0 Å². The highest BCUT2D eigenvalue weighted by Crippen LogP contribution is 2.34. The SMILES string of the molecule is CCCc1nccn1-c1ccc(N)c(C(F)(F)F)c1. The van der Waals surface area contributed by atoms with Gasteiger partial charge in [-0.15, -0.1) is 0 Å². The molecule has 6 heteroatoms. The number of nitrogen functional groups attached to an aromatic ring is 1. The van der Waals surface area contributed by atoms with Crippen LogP contribution in [-0.2, 0) is 12.6 Å². The summed E-state index contributed by atoms with van der Waals surface area (Å²) in [6.45, 7) is 1.99.